The third-order valence-corrected chi connectivity index (χ3v) is 4.85. The second-order valence-electron chi connectivity index (χ2n) is 7.15. The zero-order chi connectivity index (χ0) is 20.6. The van der Waals surface area contributed by atoms with Gasteiger partial charge in [0.05, 0.1) is 19.3 Å². The third-order valence-electron chi connectivity index (χ3n) is 4.53. The Morgan fingerprint density at radius 2 is 1.93 bits per heavy atom. The van der Waals surface area contributed by atoms with E-state index >= 15 is 0 Å². The molecule has 29 heavy (non-hydrogen) atoms. The van der Waals surface area contributed by atoms with Gasteiger partial charge in [0, 0.05) is 25.4 Å². The van der Waals surface area contributed by atoms with Gasteiger partial charge in [0.2, 0.25) is 17.7 Å². The summed E-state index contributed by atoms with van der Waals surface area (Å²) in [5, 5.41) is 3.07. The molecule has 3 rings (SSSR count). The molecule has 0 aliphatic heterocycles. The number of carbonyl (C=O) groups is 1. The van der Waals surface area contributed by atoms with Crippen molar-refractivity contribution in [3.63, 3.8) is 0 Å². The topological polar surface area (TPSA) is 95.5 Å². The maximum Gasteiger partial charge on any atom is 0.240 e. The van der Waals surface area contributed by atoms with Crippen LogP contribution in [0.1, 0.15) is 32.3 Å². The lowest BCUT2D eigenvalue weighted by atomic mass is 9.83. The van der Waals surface area contributed by atoms with Crippen LogP contribution in [0.4, 0.5) is 0 Å². The number of hydrogen-bond donors (Lipinski definition) is 1. The van der Waals surface area contributed by atoms with Crippen LogP contribution >= 0.6 is 11.6 Å². The summed E-state index contributed by atoms with van der Waals surface area (Å²) >= 11 is 6.33. The number of nitrogens with zero attached hydrogens (tertiary/aromatic N) is 3. The molecule has 0 spiro atoms. The van der Waals surface area contributed by atoms with Gasteiger partial charge in [0.25, 0.3) is 0 Å². The first-order chi connectivity index (χ1) is 14.0. The van der Waals surface area contributed by atoms with Gasteiger partial charge in [-0.1, -0.05) is 11.6 Å². The van der Waals surface area contributed by atoms with Crippen LogP contribution < -0.4 is 14.8 Å². The van der Waals surface area contributed by atoms with Crippen molar-refractivity contribution in [2.75, 3.05) is 13.2 Å². The Morgan fingerprint density at radius 3 is 2.62 bits per heavy atom. The van der Waals surface area contributed by atoms with Gasteiger partial charge >= 0.3 is 0 Å². The van der Waals surface area contributed by atoms with Crippen LogP contribution in [0, 0.1) is 5.92 Å². The van der Waals surface area contributed by atoms with Crippen molar-refractivity contribution in [2.24, 2.45) is 5.92 Å². The number of aromatic nitrogens is 3. The van der Waals surface area contributed by atoms with Gasteiger partial charge in [0.15, 0.2) is 5.02 Å². The van der Waals surface area contributed by atoms with E-state index in [-0.39, 0.29) is 29.0 Å². The van der Waals surface area contributed by atoms with E-state index in [4.69, 9.17) is 25.8 Å². The van der Waals surface area contributed by atoms with Crippen molar-refractivity contribution in [1.29, 1.82) is 0 Å². The summed E-state index contributed by atoms with van der Waals surface area (Å²) < 4.78 is 17.2. The second kappa shape index (κ2) is 10.4. The number of nitrogens with one attached hydrogen (secondary N) is 1. The van der Waals surface area contributed by atoms with Gasteiger partial charge < -0.3 is 19.5 Å². The molecule has 2 aromatic rings. The van der Waals surface area contributed by atoms with E-state index < -0.39 is 0 Å². The molecule has 1 fully saturated rings. The van der Waals surface area contributed by atoms with Crippen molar-refractivity contribution in [3.05, 3.63) is 41.4 Å². The lowest BCUT2D eigenvalue weighted by molar-refractivity contribution is -0.120. The van der Waals surface area contributed by atoms with Gasteiger partial charge in [0.1, 0.15) is 12.9 Å². The highest BCUT2D eigenvalue weighted by molar-refractivity contribution is 6.33. The first-order valence-corrected chi connectivity index (χ1v) is 9.92. The van der Waals surface area contributed by atoms with Crippen LogP contribution in [-0.2, 0) is 16.1 Å². The smallest absolute Gasteiger partial charge is 0.240 e. The van der Waals surface area contributed by atoms with Crippen molar-refractivity contribution in [2.45, 2.75) is 45.4 Å². The molecule has 2 heterocycles. The highest BCUT2D eigenvalue weighted by Gasteiger charge is 2.31. The fourth-order valence-electron chi connectivity index (χ4n) is 2.98. The summed E-state index contributed by atoms with van der Waals surface area (Å²) in [5.74, 6) is 0.931. The summed E-state index contributed by atoms with van der Waals surface area (Å²) in [6.07, 6.45) is 6.77. The standard InChI is InChI=1S/C20H25ClN4O4/c1-13(25-14(2)26)9-27-17-7-16(8-17)11-29-20-18(21)19(23-12-24-20)28-10-15-3-5-22-6-4-15/h3-6,12-13,16-17H,7-11H2,1-2H3,(H,25,26)/t13-,16?,17?/m0/s1. The largest absolute Gasteiger partial charge is 0.476 e. The molecule has 0 unspecified atom stereocenters. The molecule has 1 aliphatic rings. The van der Waals surface area contributed by atoms with Gasteiger partial charge in [-0.05, 0) is 43.4 Å². The predicted molar refractivity (Wildman–Crippen MR) is 107 cm³/mol. The van der Waals surface area contributed by atoms with Crippen LogP contribution in [0.2, 0.25) is 5.02 Å². The molecular weight excluding hydrogens is 396 g/mol. The lowest BCUT2D eigenvalue weighted by Gasteiger charge is -2.35. The van der Waals surface area contributed by atoms with Gasteiger partial charge in [-0.25, -0.2) is 9.97 Å². The normalized spacial score (nSPS) is 19.1. The number of carbonyl (C=O) groups excluding carboxylic acids is 1. The van der Waals surface area contributed by atoms with Gasteiger partial charge in [-0.3, -0.25) is 9.78 Å². The maximum atomic E-state index is 11.0. The zero-order valence-corrected chi connectivity index (χ0v) is 17.3. The van der Waals surface area contributed by atoms with Crippen LogP contribution in [0.15, 0.2) is 30.9 Å². The Morgan fingerprint density at radius 1 is 1.24 bits per heavy atom. The highest BCUT2D eigenvalue weighted by atomic mass is 35.5. The van der Waals surface area contributed by atoms with E-state index in [0.29, 0.717) is 31.6 Å². The first-order valence-electron chi connectivity index (χ1n) is 9.55. The van der Waals surface area contributed by atoms with E-state index in [9.17, 15) is 4.79 Å². The fraction of sp³-hybridized carbons (Fsp3) is 0.500. The molecule has 0 aromatic carbocycles. The summed E-state index contributed by atoms with van der Waals surface area (Å²) in [5.41, 5.74) is 0.963. The van der Waals surface area contributed by atoms with E-state index in [2.05, 4.69) is 20.3 Å². The Balaban J connectivity index is 1.40. The van der Waals surface area contributed by atoms with Crippen LogP contribution in [0.3, 0.4) is 0 Å². The summed E-state index contributed by atoms with van der Waals surface area (Å²) in [6.45, 7) is 4.76. The second-order valence-corrected chi connectivity index (χ2v) is 7.53. The summed E-state index contributed by atoms with van der Waals surface area (Å²) in [7, 11) is 0. The van der Waals surface area contributed by atoms with E-state index in [1.54, 1.807) is 12.4 Å². The van der Waals surface area contributed by atoms with Crippen molar-refractivity contribution in [3.8, 4) is 11.8 Å². The minimum absolute atomic E-state index is 0.00759. The highest BCUT2D eigenvalue weighted by Crippen LogP contribution is 2.34. The molecule has 8 nitrogen and oxygen atoms in total. The van der Waals surface area contributed by atoms with Crippen molar-refractivity contribution < 1.29 is 19.0 Å². The van der Waals surface area contributed by atoms with Crippen molar-refractivity contribution in [1.82, 2.24) is 20.3 Å². The number of hydrogen-bond acceptors (Lipinski definition) is 7. The van der Waals surface area contributed by atoms with E-state index in [1.807, 2.05) is 19.1 Å². The number of amides is 1. The Labute approximate surface area is 175 Å². The van der Waals surface area contributed by atoms with Crippen molar-refractivity contribution >= 4 is 17.5 Å². The quantitative estimate of drug-likeness (QED) is 0.631. The Hall–Kier alpha value is -2.45. The van der Waals surface area contributed by atoms with Gasteiger partial charge in [-0.15, -0.1) is 0 Å². The third kappa shape index (κ3) is 6.54. The van der Waals surface area contributed by atoms with Crippen LogP contribution in [-0.4, -0.2) is 46.2 Å². The average molecular weight is 421 g/mol. The first kappa shape index (κ1) is 21.3. The molecule has 9 heteroatoms. The maximum absolute atomic E-state index is 11.0. The number of rotatable bonds is 10. The Bertz CT molecular complexity index is 802. The molecule has 0 saturated heterocycles. The molecule has 1 atom stereocenters. The Kier molecular flexibility index (Phi) is 7.60. The zero-order valence-electron chi connectivity index (χ0n) is 16.5. The fourth-order valence-corrected chi connectivity index (χ4v) is 3.19. The molecule has 1 N–H and O–H groups in total. The molecule has 1 saturated carbocycles. The molecular formula is C20H25ClN4O4. The monoisotopic (exact) mass is 420 g/mol. The van der Waals surface area contributed by atoms with E-state index in [0.717, 1.165) is 18.4 Å². The number of pyridine rings is 1. The summed E-state index contributed by atoms with van der Waals surface area (Å²) in [6, 6.07) is 3.73. The lowest BCUT2D eigenvalue weighted by Crippen LogP contribution is -2.40. The van der Waals surface area contributed by atoms with Crippen LogP contribution in [0.5, 0.6) is 11.8 Å². The van der Waals surface area contributed by atoms with Crippen LogP contribution in [0.25, 0.3) is 0 Å². The minimum Gasteiger partial charge on any atom is -0.476 e. The predicted octanol–water partition coefficient (Wildman–Crippen LogP) is 2.80. The SMILES string of the molecule is CC(=O)N[C@@H](C)COC1CC(COc2ncnc(OCc3ccncc3)c2Cl)C1. The summed E-state index contributed by atoms with van der Waals surface area (Å²) in [4.78, 5) is 23.2. The molecule has 1 aliphatic carbocycles. The molecule has 0 bridgehead atoms. The molecule has 156 valence electrons. The van der Waals surface area contributed by atoms with Gasteiger partial charge in [-0.2, -0.15) is 0 Å². The number of ether oxygens (including phenoxy) is 3. The molecule has 1 amide bonds. The molecule has 0 radical (unpaired) electrons. The average Bonchev–Trinajstić information content (AvgIpc) is 2.66. The molecule has 2 aromatic heterocycles. The minimum atomic E-state index is -0.0492. The van der Waals surface area contributed by atoms with E-state index in [1.165, 1.54) is 13.3 Å². The number of halogens is 1.